The van der Waals surface area contributed by atoms with Crippen LogP contribution in [0.1, 0.15) is 27.9 Å². The number of nitrogens with zero attached hydrogens (tertiary/aromatic N) is 2. The van der Waals surface area contributed by atoms with Crippen molar-refractivity contribution in [2.24, 2.45) is 7.05 Å². The molecule has 1 aromatic carbocycles. The van der Waals surface area contributed by atoms with Crippen LogP contribution in [0.5, 0.6) is 5.75 Å². The summed E-state index contributed by atoms with van der Waals surface area (Å²) in [5.41, 5.74) is 2.40. The third-order valence-corrected chi connectivity index (χ3v) is 5.01. The lowest BCUT2D eigenvalue weighted by molar-refractivity contribution is 0.0950. The first kappa shape index (κ1) is 18.2. The molecule has 0 bridgehead atoms. The Morgan fingerprint density at radius 3 is 2.81 bits per heavy atom. The molecule has 1 amide bonds. The van der Waals surface area contributed by atoms with Crippen LogP contribution in [0.2, 0.25) is 0 Å². The van der Waals surface area contributed by atoms with E-state index in [1.54, 1.807) is 17.9 Å². The van der Waals surface area contributed by atoms with Gasteiger partial charge in [-0.25, -0.2) is 0 Å². The largest absolute Gasteiger partial charge is 0.492 e. The fourth-order valence-electron chi connectivity index (χ4n) is 2.65. The van der Waals surface area contributed by atoms with Gasteiger partial charge in [-0.15, -0.1) is 11.3 Å². The summed E-state index contributed by atoms with van der Waals surface area (Å²) in [7, 11) is 1.78. The summed E-state index contributed by atoms with van der Waals surface area (Å²) in [4.78, 5) is 14.2. The molecule has 0 fully saturated rings. The van der Waals surface area contributed by atoms with Crippen LogP contribution in [0.15, 0.2) is 42.6 Å². The zero-order chi connectivity index (χ0) is 18.5. The number of thiophene rings is 1. The Balaban J connectivity index is 1.80. The predicted octanol–water partition coefficient (Wildman–Crippen LogP) is 2.97. The molecule has 0 saturated heterocycles. The van der Waals surface area contributed by atoms with Gasteiger partial charge < -0.3 is 15.2 Å². The van der Waals surface area contributed by atoms with Crippen molar-refractivity contribution in [3.05, 3.63) is 58.7 Å². The Morgan fingerprint density at radius 2 is 2.12 bits per heavy atom. The average molecular weight is 371 g/mol. The van der Waals surface area contributed by atoms with Crippen LogP contribution in [0, 0.1) is 0 Å². The third kappa shape index (κ3) is 3.95. The Labute approximate surface area is 156 Å². The number of benzene rings is 1. The number of amides is 1. The van der Waals surface area contributed by atoms with E-state index in [2.05, 4.69) is 10.4 Å². The molecule has 3 aromatic rings. The third-order valence-electron chi connectivity index (χ3n) is 3.84. The molecule has 0 spiro atoms. The van der Waals surface area contributed by atoms with Crippen LogP contribution < -0.4 is 10.1 Å². The zero-order valence-corrected chi connectivity index (χ0v) is 15.5. The fraction of sp³-hybridized carbons (Fsp3) is 0.263. The number of aliphatic hydroxyl groups is 1. The maximum absolute atomic E-state index is 12.7. The second-order valence-electron chi connectivity index (χ2n) is 5.72. The van der Waals surface area contributed by atoms with E-state index in [9.17, 15) is 9.90 Å². The number of rotatable bonds is 7. The van der Waals surface area contributed by atoms with Crippen LogP contribution in [-0.4, -0.2) is 27.4 Å². The molecule has 2 heterocycles. The van der Waals surface area contributed by atoms with Gasteiger partial charge in [-0.05, 0) is 18.6 Å². The summed E-state index contributed by atoms with van der Waals surface area (Å²) in [5.74, 6) is 0.368. The maximum atomic E-state index is 12.7. The van der Waals surface area contributed by atoms with Gasteiger partial charge in [0, 0.05) is 23.7 Å². The number of carbonyl (C=O) groups excluding carboxylic acids is 1. The SMILES string of the molecule is CCOc1cc(-c2ccccc2)sc1C(=O)NCc1nn(C)cc1CO. The molecule has 0 aliphatic carbocycles. The van der Waals surface area contributed by atoms with Crippen molar-refractivity contribution in [2.75, 3.05) is 6.61 Å². The number of aliphatic hydroxyl groups excluding tert-OH is 1. The molecule has 2 N–H and O–H groups in total. The van der Waals surface area contributed by atoms with E-state index in [0.717, 1.165) is 10.4 Å². The van der Waals surface area contributed by atoms with Gasteiger partial charge in [0.1, 0.15) is 10.6 Å². The minimum absolute atomic E-state index is 0.111. The van der Waals surface area contributed by atoms with Crippen molar-refractivity contribution in [1.29, 1.82) is 0 Å². The maximum Gasteiger partial charge on any atom is 0.265 e. The van der Waals surface area contributed by atoms with Gasteiger partial charge in [-0.1, -0.05) is 30.3 Å². The van der Waals surface area contributed by atoms with Gasteiger partial charge >= 0.3 is 0 Å². The second kappa shape index (κ2) is 8.16. The van der Waals surface area contributed by atoms with E-state index in [-0.39, 0.29) is 19.1 Å². The minimum atomic E-state index is -0.213. The van der Waals surface area contributed by atoms with Crippen LogP contribution in [0.4, 0.5) is 0 Å². The molecule has 136 valence electrons. The number of aryl methyl sites for hydroxylation is 1. The lowest BCUT2D eigenvalue weighted by Crippen LogP contribution is -2.23. The van der Waals surface area contributed by atoms with Gasteiger partial charge in [0.15, 0.2) is 0 Å². The number of hydrogen-bond acceptors (Lipinski definition) is 5. The second-order valence-corrected chi connectivity index (χ2v) is 6.77. The summed E-state index contributed by atoms with van der Waals surface area (Å²) in [5, 5.41) is 16.5. The van der Waals surface area contributed by atoms with Gasteiger partial charge in [0.2, 0.25) is 0 Å². The van der Waals surface area contributed by atoms with Crippen molar-refractivity contribution < 1.29 is 14.6 Å². The highest BCUT2D eigenvalue weighted by molar-refractivity contribution is 7.17. The number of ether oxygens (including phenoxy) is 1. The molecular formula is C19H21N3O3S. The monoisotopic (exact) mass is 371 g/mol. The zero-order valence-electron chi connectivity index (χ0n) is 14.7. The number of aromatic nitrogens is 2. The Morgan fingerprint density at radius 1 is 1.35 bits per heavy atom. The average Bonchev–Trinajstić information content (AvgIpc) is 3.24. The van der Waals surface area contributed by atoms with Crippen molar-refractivity contribution in [2.45, 2.75) is 20.1 Å². The molecule has 0 unspecified atom stereocenters. The molecule has 0 atom stereocenters. The Hall–Kier alpha value is -2.64. The number of hydrogen-bond donors (Lipinski definition) is 2. The standard InChI is InChI=1S/C19H21N3O3S/c1-3-25-16-9-17(13-7-5-4-6-8-13)26-18(16)19(24)20-10-15-14(12-23)11-22(2)21-15/h4-9,11,23H,3,10,12H2,1-2H3,(H,20,24). The van der Waals surface area contributed by atoms with Gasteiger partial charge in [0.05, 0.1) is 25.5 Å². The number of nitrogens with one attached hydrogen (secondary N) is 1. The molecule has 0 saturated carbocycles. The van der Waals surface area contributed by atoms with E-state index in [0.29, 0.717) is 28.5 Å². The Kier molecular flexibility index (Phi) is 5.70. The first-order chi connectivity index (χ1) is 12.6. The summed E-state index contributed by atoms with van der Waals surface area (Å²) in [6, 6.07) is 11.8. The van der Waals surface area contributed by atoms with E-state index in [1.165, 1.54) is 11.3 Å². The first-order valence-corrected chi connectivity index (χ1v) is 9.16. The van der Waals surface area contributed by atoms with Crippen LogP contribution in [0.3, 0.4) is 0 Å². The highest BCUT2D eigenvalue weighted by Gasteiger charge is 2.19. The molecule has 2 aromatic heterocycles. The summed E-state index contributed by atoms with van der Waals surface area (Å²) >= 11 is 1.40. The van der Waals surface area contributed by atoms with Crippen LogP contribution >= 0.6 is 11.3 Å². The molecular weight excluding hydrogens is 350 g/mol. The topological polar surface area (TPSA) is 76.4 Å². The fourth-order valence-corrected chi connectivity index (χ4v) is 3.67. The van der Waals surface area contributed by atoms with Crippen molar-refractivity contribution in [1.82, 2.24) is 15.1 Å². The van der Waals surface area contributed by atoms with Gasteiger partial charge in [-0.2, -0.15) is 5.10 Å². The normalized spacial score (nSPS) is 10.7. The molecule has 6 nitrogen and oxygen atoms in total. The molecule has 0 aliphatic heterocycles. The van der Waals surface area contributed by atoms with E-state index < -0.39 is 0 Å². The molecule has 0 aliphatic rings. The first-order valence-electron chi connectivity index (χ1n) is 8.34. The van der Waals surface area contributed by atoms with Gasteiger partial charge in [0.25, 0.3) is 5.91 Å². The van der Waals surface area contributed by atoms with Gasteiger partial charge in [-0.3, -0.25) is 9.48 Å². The lowest BCUT2D eigenvalue weighted by Gasteiger charge is -2.06. The van der Waals surface area contributed by atoms with Crippen molar-refractivity contribution in [3.63, 3.8) is 0 Å². The number of carbonyl (C=O) groups is 1. The summed E-state index contributed by atoms with van der Waals surface area (Å²) in [6.07, 6.45) is 1.74. The van der Waals surface area contributed by atoms with E-state index in [1.807, 2.05) is 43.3 Å². The molecule has 26 heavy (non-hydrogen) atoms. The Bertz CT molecular complexity index is 887. The van der Waals surface area contributed by atoms with Crippen molar-refractivity contribution >= 4 is 17.2 Å². The highest BCUT2D eigenvalue weighted by atomic mass is 32.1. The highest BCUT2D eigenvalue weighted by Crippen LogP contribution is 2.36. The van der Waals surface area contributed by atoms with E-state index in [4.69, 9.17) is 4.74 Å². The molecule has 7 heteroatoms. The molecule has 0 radical (unpaired) electrons. The smallest absolute Gasteiger partial charge is 0.265 e. The van der Waals surface area contributed by atoms with E-state index >= 15 is 0 Å². The summed E-state index contributed by atoms with van der Waals surface area (Å²) in [6.45, 7) is 2.52. The van der Waals surface area contributed by atoms with Crippen LogP contribution in [0.25, 0.3) is 10.4 Å². The summed E-state index contributed by atoms with van der Waals surface area (Å²) < 4.78 is 7.27. The molecule has 3 rings (SSSR count). The minimum Gasteiger partial charge on any atom is -0.492 e. The van der Waals surface area contributed by atoms with Crippen molar-refractivity contribution in [3.8, 4) is 16.2 Å². The van der Waals surface area contributed by atoms with Crippen LogP contribution in [-0.2, 0) is 20.2 Å². The predicted molar refractivity (Wildman–Crippen MR) is 101 cm³/mol. The lowest BCUT2D eigenvalue weighted by atomic mass is 10.2. The quantitative estimate of drug-likeness (QED) is 0.669.